The number of aryl methyl sites for hydroxylation is 1. The van der Waals surface area contributed by atoms with Gasteiger partial charge in [-0.3, -0.25) is 9.69 Å². The van der Waals surface area contributed by atoms with E-state index in [-0.39, 0.29) is 12.3 Å². The molecule has 7 nitrogen and oxygen atoms in total. The van der Waals surface area contributed by atoms with E-state index in [1.807, 2.05) is 30.3 Å². The molecule has 1 saturated heterocycles. The Hall–Kier alpha value is -3.75. The maximum atomic E-state index is 13.1. The lowest BCUT2D eigenvalue weighted by molar-refractivity contribution is -0.131. The number of nitrogens with one attached hydrogen (secondary N) is 1. The number of amides is 3. The minimum Gasteiger partial charge on any atom is -0.441 e. The first-order valence-corrected chi connectivity index (χ1v) is 9.49. The first-order valence-electron chi connectivity index (χ1n) is 9.49. The Labute approximate surface area is 176 Å². The van der Waals surface area contributed by atoms with E-state index in [2.05, 4.69) is 15.0 Å². The molecule has 2 heterocycles. The summed E-state index contributed by atoms with van der Waals surface area (Å²) < 4.78 is 34.8. The van der Waals surface area contributed by atoms with Gasteiger partial charge in [-0.2, -0.15) is 8.78 Å². The van der Waals surface area contributed by atoms with Crippen molar-refractivity contribution in [3.63, 3.8) is 0 Å². The molecule has 3 amide bonds. The first kappa shape index (κ1) is 20.5. The highest BCUT2D eigenvalue weighted by Crippen LogP contribution is 2.32. The van der Waals surface area contributed by atoms with E-state index < -0.39 is 24.1 Å². The maximum absolute atomic E-state index is 13.1. The van der Waals surface area contributed by atoms with Crippen LogP contribution in [0.25, 0.3) is 11.5 Å². The first-order chi connectivity index (χ1) is 14.8. The predicted octanol–water partition coefficient (Wildman–Crippen LogP) is 4.22. The molecule has 1 unspecified atom stereocenters. The summed E-state index contributed by atoms with van der Waals surface area (Å²) in [5, 5.41) is 2.67. The second-order valence-electron chi connectivity index (χ2n) is 7.24. The number of alkyl halides is 2. The number of hydrogen-bond donors (Lipinski definition) is 1. The van der Waals surface area contributed by atoms with E-state index >= 15 is 0 Å². The molecule has 3 aromatic rings. The molecule has 1 aromatic heterocycles. The van der Waals surface area contributed by atoms with Gasteiger partial charge in [0.15, 0.2) is 0 Å². The third-order valence-corrected chi connectivity index (χ3v) is 5.15. The molecule has 1 aliphatic heterocycles. The van der Waals surface area contributed by atoms with Gasteiger partial charge in [-0.05, 0) is 43.7 Å². The van der Waals surface area contributed by atoms with Crippen LogP contribution in [0.1, 0.15) is 23.9 Å². The molecule has 2 aromatic carbocycles. The second kappa shape index (κ2) is 7.82. The summed E-state index contributed by atoms with van der Waals surface area (Å²) in [4.78, 5) is 31.2. The summed E-state index contributed by atoms with van der Waals surface area (Å²) in [6.07, 6.45) is 0. The van der Waals surface area contributed by atoms with Gasteiger partial charge < -0.3 is 14.5 Å². The zero-order chi connectivity index (χ0) is 22.2. The summed E-state index contributed by atoms with van der Waals surface area (Å²) in [6, 6.07) is 14.3. The van der Waals surface area contributed by atoms with Crippen LogP contribution in [0.3, 0.4) is 0 Å². The van der Waals surface area contributed by atoms with Crippen LogP contribution in [0.15, 0.2) is 59.0 Å². The zero-order valence-electron chi connectivity index (χ0n) is 16.8. The van der Waals surface area contributed by atoms with Crippen molar-refractivity contribution in [3.8, 4) is 17.2 Å². The standard InChI is InChI=1S/C22H19F2N3O4/c1-13-17(25-18(30-13)14-6-4-3-5-7-14)12-27-19(28)22(2,26-21(27)29)15-8-10-16(11-9-15)31-20(23)24/h3-11,20H,12H2,1-2H3,(H,26,29). The van der Waals surface area contributed by atoms with E-state index in [0.29, 0.717) is 22.9 Å². The molecule has 0 bridgehead atoms. The average molecular weight is 427 g/mol. The predicted molar refractivity (Wildman–Crippen MR) is 106 cm³/mol. The quantitative estimate of drug-likeness (QED) is 0.596. The molecule has 0 saturated carbocycles. The summed E-state index contributed by atoms with van der Waals surface area (Å²) in [5.41, 5.74) is 0.342. The van der Waals surface area contributed by atoms with E-state index in [1.165, 1.54) is 24.3 Å². The molecule has 0 radical (unpaired) electrons. The fourth-order valence-corrected chi connectivity index (χ4v) is 3.43. The normalized spacial score (nSPS) is 18.5. The van der Waals surface area contributed by atoms with Crippen LogP contribution in [0.5, 0.6) is 5.75 Å². The number of ether oxygens (including phenoxy) is 1. The van der Waals surface area contributed by atoms with Gasteiger partial charge in [-0.25, -0.2) is 9.78 Å². The molecular weight excluding hydrogens is 408 g/mol. The minimum absolute atomic E-state index is 0.0392. The van der Waals surface area contributed by atoms with E-state index in [0.717, 1.165) is 10.5 Å². The van der Waals surface area contributed by atoms with Gasteiger partial charge in [0, 0.05) is 5.56 Å². The highest BCUT2D eigenvalue weighted by Gasteiger charge is 2.49. The number of carbonyl (C=O) groups excluding carboxylic acids is 2. The fourth-order valence-electron chi connectivity index (χ4n) is 3.43. The number of halogens is 2. The van der Waals surface area contributed by atoms with Crippen LogP contribution in [-0.4, -0.2) is 28.4 Å². The number of rotatable bonds is 6. The Kier molecular flexibility index (Phi) is 5.18. The van der Waals surface area contributed by atoms with Gasteiger partial charge in [0.2, 0.25) is 5.89 Å². The Morgan fingerprint density at radius 1 is 1.13 bits per heavy atom. The lowest BCUT2D eigenvalue weighted by Crippen LogP contribution is -2.40. The van der Waals surface area contributed by atoms with Crippen molar-refractivity contribution in [1.82, 2.24) is 15.2 Å². The van der Waals surface area contributed by atoms with Crippen molar-refractivity contribution in [1.29, 1.82) is 0 Å². The van der Waals surface area contributed by atoms with E-state index in [1.54, 1.807) is 13.8 Å². The molecule has 160 valence electrons. The third-order valence-electron chi connectivity index (χ3n) is 5.15. The van der Waals surface area contributed by atoms with Crippen LogP contribution in [0.4, 0.5) is 13.6 Å². The maximum Gasteiger partial charge on any atom is 0.387 e. The minimum atomic E-state index is -2.95. The van der Waals surface area contributed by atoms with Gasteiger partial charge >= 0.3 is 12.6 Å². The Balaban J connectivity index is 1.56. The number of aromatic nitrogens is 1. The highest BCUT2D eigenvalue weighted by atomic mass is 19.3. The molecule has 1 aliphatic rings. The molecule has 1 N–H and O–H groups in total. The zero-order valence-corrected chi connectivity index (χ0v) is 16.8. The summed E-state index contributed by atoms with van der Waals surface area (Å²) in [7, 11) is 0. The van der Waals surface area contributed by atoms with Crippen molar-refractivity contribution >= 4 is 11.9 Å². The highest BCUT2D eigenvalue weighted by molar-refractivity contribution is 6.07. The molecule has 1 fully saturated rings. The molecule has 0 spiro atoms. The van der Waals surface area contributed by atoms with Crippen molar-refractivity contribution in [2.24, 2.45) is 0 Å². The lowest BCUT2D eigenvalue weighted by Gasteiger charge is -2.22. The van der Waals surface area contributed by atoms with Crippen molar-refractivity contribution in [3.05, 3.63) is 71.6 Å². The van der Waals surface area contributed by atoms with Gasteiger partial charge in [0.1, 0.15) is 22.7 Å². The van der Waals surface area contributed by atoms with Gasteiger partial charge in [-0.15, -0.1) is 0 Å². The molecule has 0 aliphatic carbocycles. The summed E-state index contributed by atoms with van der Waals surface area (Å²) in [6.45, 7) is 0.265. The number of benzene rings is 2. The van der Waals surface area contributed by atoms with Gasteiger partial charge in [-0.1, -0.05) is 30.3 Å². The molecule has 4 rings (SSSR count). The second-order valence-corrected chi connectivity index (χ2v) is 7.24. The van der Waals surface area contributed by atoms with Crippen LogP contribution >= 0.6 is 0 Å². The fraction of sp³-hybridized carbons (Fsp3) is 0.227. The average Bonchev–Trinajstić information content (AvgIpc) is 3.21. The van der Waals surface area contributed by atoms with Gasteiger partial charge in [0.05, 0.1) is 6.54 Å². The largest absolute Gasteiger partial charge is 0.441 e. The number of carbonyl (C=O) groups is 2. The van der Waals surface area contributed by atoms with Gasteiger partial charge in [0.25, 0.3) is 5.91 Å². The monoisotopic (exact) mass is 427 g/mol. The van der Waals surface area contributed by atoms with E-state index in [9.17, 15) is 18.4 Å². The Morgan fingerprint density at radius 2 is 1.81 bits per heavy atom. The molecule has 9 heteroatoms. The number of nitrogens with zero attached hydrogens (tertiary/aromatic N) is 2. The number of urea groups is 1. The molecule has 1 atom stereocenters. The van der Waals surface area contributed by atoms with E-state index in [4.69, 9.17) is 4.42 Å². The summed E-state index contributed by atoms with van der Waals surface area (Å²) >= 11 is 0. The third kappa shape index (κ3) is 3.86. The van der Waals surface area contributed by atoms with Crippen LogP contribution in [0.2, 0.25) is 0 Å². The molecule has 31 heavy (non-hydrogen) atoms. The Morgan fingerprint density at radius 3 is 2.45 bits per heavy atom. The number of oxazole rings is 1. The van der Waals surface area contributed by atoms with Crippen LogP contribution < -0.4 is 10.1 Å². The lowest BCUT2D eigenvalue weighted by atomic mass is 9.92. The summed E-state index contributed by atoms with van der Waals surface area (Å²) in [5.74, 6) is 0.380. The van der Waals surface area contributed by atoms with Crippen molar-refractivity contribution in [2.75, 3.05) is 0 Å². The SMILES string of the molecule is Cc1oc(-c2ccccc2)nc1CN1C(=O)NC(C)(c2ccc(OC(F)F)cc2)C1=O. The molecular formula is C22H19F2N3O4. The van der Waals surface area contributed by atoms with Crippen molar-refractivity contribution in [2.45, 2.75) is 32.5 Å². The Bertz CT molecular complexity index is 1120. The number of imide groups is 1. The topological polar surface area (TPSA) is 84.7 Å². The van der Waals surface area contributed by atoms with Crippen LogP contribution in [-0.2, 0) is 16.9 Å². The smallest absolute Gasteiger partial charge is 0.387 e. The number of hydrogen-bond acceptors (Lipinski definition) is 5. The van der Waals surface area contributed by atoms with Crippen molar-refractivity contribution < 1.29 is 27.5 Å². The van der Waals surface area contributed by atoms with Crippen LogP contribution in [0, 0.1) is 6.92 Å².